The van der Waals surface area contributed by atoms with E-state index < -0.39 is 5.97 Å². The molecule has 0 aromatic heterocycles. The highest BCUT2D eigenvalue weighted by Gasteiger charge is 2.42. The molecule has 0 atom stereocenters. The molecule has 0 saturated heterocycles. The van der Waals surface area contributed by atoms with Gasteiger partial charge in [0, 0.05) is 24.1 Å². The van der Waals surface area contributed by atoms with E-state index in [-0.39, 0.29) is 28.8 Å². The van der Waals surface area contributed by atoms with E-state index in [0.717, 1.165) is 12.1 Å². The molecule has 1 heterocycles. The predicted molar refractivity (Wildman–Crippen MR) is 91.6 cm³/mol. The van der Waals surface area contributed by atoms with Crippen molar-refractivity contribution in [3.8, 4) is 0 Å². The highest BCUT2D eigenvalue weighted by Crippen LogP contribution is 2.39. The molecule has 0 aliphatic carbocycles. The standard InChI is InChI=1S/C20H21NO2.BrH/c1-14-20(2,3)17-6-4-5-7-18(17)21(14)13-16-10-8-15(9-11-16)12-19(22)23;/h4-11H,12-13H2,1-3H3;1H. The van der Waals surface area contributed by atoms with Crippen LogP contribution < -0.4 is 17.0 Å². The molecule has 0 spiro atoms. The molecule has 0 saturated carbocycles. The number of carbonyl (C=O) groups is 1. The van der Waals surface area contributed by atoms with Crippen LogP contribution in [0.2, 0.25) is 0 Å². The quantitative estimate of drug-likeness (QED) is 0.792. The summed E-state index contributed by atoms with van der Waals surface area (Å²) in [7, 11) is 0. The summed E-state index contributed by atoms with van der Waals surface area (Å²) in [4.78, 5) is 10.8. The van der Waals surface area contributed by atoms with Gasteiger partial charge in [0.1, 0.15) is 0 Å². The van der Waals surface area contributed by atoms with Gasteiger partial charge in [-0.2, -0.15) is 4.58 Å². The first-order chi connectivity index (χ1) is 10.9. The van der Waals surface area contributed by atoms with Crippen LogP contribution in [0.4, 0.5) is 5.69 Å². The molecule has 1 N–H and O–H groups in total. The van der Waals surface area contributed by atoms with Crippen LogP contribution in [0.5, 0.6) is 0 Å². The Labute approximate surface area is 153 Å². The molecule has 1 aliphatic rings. The Morgan fingerprint density at radius 2 is 1.62 bits per heavy atom. The predicted octanol–water partition coefficient (Wildman–Crippen LogP) is 0.914. The lowest BCUT2D eigenvalue weighted by Gasteiger charge is -2.14. The fraction of sp³-hybridized carbons (Fsp3) is 0.300. The molecular weight excluding hydrogens is 366 g/mol. The van der Waals surface area contributed by atoms with Gasteiger partial charge in [-0.25, -0.2) is 0 Å². The van der Waals surface area contributed by atoms with E-state index in [1.807, 2.05) is 24.3 Å². The van der Waals surface area contributed by atoms with Crippen LogP contribution in [-0.4, -0.2) is 21.4 Å². The van der Waals surface area contributed by atoms with Gasteiger partial charge >= 0.3 is 5.97 Å². The number of aliphatic carboxylic acids is 1. The topological polar surface area (TPSA) is 40.3 Å². The molecule has 0 amide bonds. The van der Waals surface area contributed by atoms with Crippen molar-refractivity contribution in [2.75, 3.05) is 0 Å². The normalized spacial score (nSPS) is 15.0. The third kappa shape index (κ3) is 3.29. The summed E-state index contributed by atoms with van der Waals surface area (Å²) in [5.41, 5.74) is 6.04. The fourth-order valence-electron chi connectivity index (χ4n) is 3.27. The van der Waals surface area contributed by atoms with Crippen molar-refractivity contribution in [1.29, 1.82) is 0 Å². The highest BCUT2D eigenvalue weighted by atomic mass is 79.9. The minimum absolute atomic E-state index is 0. The van der Waals surface area contributed by atoms with E-state index >= 15 is 0 Å². The second kappa shape index (κ2) is 6.89. The number of benzene rings is 2. The molecular formula is C20H22BrNO2. The van der Waals surface area contributed by atoms with Crippen molar-refractivity contribution < 1.29 is 31.5 Å². The van der Waals surface area contributed by atoms with Crippen LogP contribution in [0.3, 0.4) is 0 Å². The first-order valence-corrected chi connectivity index (χ1v) is 7.90. The maximum absolute atomic E-state index is 10.8. The van der Waals surface area contributed by atoms with E-state index in [4.69, 9.17) is 5.11 Å². The summed E-state index contributed by atoms with van der Waals surface area (Å²) >= 11 is 0. The first-order valence-electron chi connectivity index (χ1n) is 7.90. The van der Waals surface area contributed by atoms with E-state index in [1.54, 1.807) is 0 Å². The Bertz CT molecular complexity index is 792. The largest absolute Gasteiger partial charge is 1.00 e. The molecule has 3 rings (SSSR count). The summed E-state index contributed by atoms with van der Waals surface area (Å²) in [6.45, 7) is 7.52. The Morgan fingerprint density at radius 1 is 1.04 bits per heavy atom. The van der Waals surface area contributed by atoms with Crippen molar-refractivity contribution in [2.24, 2.45) is 0 Å². The monoisotopic (exact) mass is 387 g/mol. The van der Waals surface area contributed by atoms with Crippen molar-refractivity contribution in [2.45, 2.75) is 39.2 Å². The van der Waals surface area contributed by atoms with Crippen LogP contribution >= 0.6 is 0 Å². The van der Waals surface area contributed by atoms with Gasteiger partial charge in [0.15, 0.2) is 12.3 Å². The molecule has 24 heavy (non-hydrogen) atoms. The molecule has 4 heteroatoms. The summed E-state index contributed by atoms with van der Waals surface area (Å²) in [6.07, 6.45) is 0.0744. The van der Waals surface area contributed by atoms with Crippen LogP contribution in [0.1, 0.15) is 37.5 Å². The van der Waals surface area contributed by atoms with Crippen LogP contribution in [0.25, 0.3) is 0 Å². The zero-order valence-corrected chi connectivity index (χ0v) is 15.8. The average Bonchev–Trinajstić information content (AvgIpc) is 2.70. The van der Waals surface area contributed by atoms with Gasteiger partial charge in [-0.1, -0.05) is 42.5 Å². The average molecular weight is 388 g/mol. The lowest BCUT2D eigenvalue weighted by molar-refractivity contribution is -0.456. The molecule has 126 valence electrons. The molecule has 2 aromatic rings. The summed E-state index contributed by atoms with van der Waals surface area (Å²) in [5.74, 6) is -0.794. The molecule has 2 aromatic carbocycles. The number of para-hydroxylation sites is 1. The first kappa shape index (κ1) is 18.4. The third-order valence-corrected chi connectivity index (χ3v) is 4.90. The zero-order valence-electron chi connectivity index (χ0n) is 14.2. The maximum Gasteiger partial charge on any atom is 0.307 e. The lowest BCUT2D eigenvalue weighted by Crippen LogP contribution is -3.00. The fourth-order valence-corrected chi connectivity index (χ4v) is 3.27. The molecule has 0 bridgehead atoms. The van der Waals surface area contributed by atoms with Gasteiger partial charge in [0.25, 0.3) is 0 Å². The third-order valence-electron chi connectivity index (χ3n) is 4.90. The number of halogens is 1. The summed E-state index contributed by atoms with van der Waals surface area (Å²) in [6, 6.07) is 16.4. The SMILES string of the molecule is CC1=[N+](Cc2ccc(CC(=O)O)cc2)c2ccccc2C1(C)C.[Br-]. The van der Waals surface area contributed by atoms with E-state index in [9.17, 15) is 4.79 Å². The smallest absolute Gasteiger partial charge is 0.307 e. The van der Waals surface area contributed by atoms with Gasteiger partial charge in [0.2, 0.25) is 5.69 Å². The molecule has 1 aliphatic heterocycles. The number of hydrogen-bond donors (Lipinski definition) is 1. The second-order valence-corrected chi connectivity index (χ2v) is 6.70. The number of carboxylic acids is 1. The van der Waals surface area contributed by atoms with Gasteiger partial charge in [-0.3, -0.25) is 4.79 Å². The molecule has 3 nitrogen and oxygen atoms in total. The number of carboxylic acid groups (broad SMARTS) is 1. The number of hydrogen-bond acceptors (Lipinski definition) is 1. The van der Waals surface area contributed by atoms with Crippen molar-refractivity contribution in [3.63, 3.8) is 0 Å². The lowest BCUT2D eigenvalue weighted by atomic mass is 9.82. The Hall–Kier alpha value is -1.94. The van der Waals surface area contributed by atoms with E-state index in [1.165, 1.54) is 22.5 Å². The number of rotatable bonds is 4. The van der Waals surface area contributed by atoms with E-state index in [0.29, 0.717) is 0 Å². The Balaban J connectivity index is 0.00000208. The molecule has 0 radical (unpaired) electrons. The molecule has 0 fully saturated rings. The second-order valence-electron chi connectivity index (χ2n) is 6.70. The van der Waals surface area contributed by atoms with Gasteiger partial charge < -0.3 is 22.1 Å². The van der Waals surface area contributed by atoms with Crippen molar-refractivity contribution in [1.82, 2.24) is 0 Å². The maximum atomic E-state index is 10.8. The summed E-state index contributed by atoms with van der Waals surface area (Å²) in [5, 5.41) is 8.86. The van der Waals surface area contributed by atoms with E-state index in [2.05, 4.69) is 49.6 Å². The van der Waals surface area contributed by atoms with Gasteiger partial charge in [-0.05, 0) is 19.4 Å². The summed E-state index contributed by atoms with van der Waals surface area (Å²) < 4.78 is 2.36. The van der Waals surface area contributed by atoms with Gasteiger partial charge in [0.05, 0.1) is 11.8 Å². The van der Waals surface area contributed by atoms with Crippen LogP contribution in [-0.2, 0) is 23.2 Å². The number of fused-ring (bicyclic) bond motifs is 1. The minimum Gasteiger partial charge on any atom is -1.00 e. The molecule has 0 unspecified atom stereocenters. The highest BCUT2D eigenvalue weighted by molar-refractivity contribution is 5.93. The van der Waals surface area contributed by atoms with Crippen LogP contribution in [0.15, 0.2) is 48.5 Å². The Morgan fingerprint density at radius 3 is 2.25 bits per heavy atom. The van der Waals surface area contributed by atoms with Crippen molar-refractivity contribution >= 4 is 17.4 Å². The zero-order chi connectivity index (χ0) is 16.6. The van der Waals surface area contributed by atoms with Crippen molar-refractivity contribution in [3.05, 3.63) is 65.2 Å². The number of nitrogens with zero attached hydrogens (tertiary/aromatic N) is 1. The van der Waals surface area contributed by atoms with Crippen LogP contribution in [0, 0.1) is 0 Å². The Kier molecular flexibility index (Phi) is 5.29. The minimum atomic E-state index is -0.794. The van der Waals surface area contributed by atoms with Gasteiger partial charge in [-0.15, -0.1) is 0 Å².